The number of fused-ring (bicyclic) bond motifs is 1. The molecule has 7 rings (SSSR count). The van der Waals surface area contributed by atoms with Crippen LogP contribution in [0, 0.1) is 35.5 Å². The Morgan fingerprint density at radius 1 is 0.963 bits per heavy atom. The third-order valence-electron chi connectivity index (χ3n) is 6.89. The van der Waals surface area contributed by atoms with Gasteiger partial charge in [0.05, 0.1) is 18.1 Å². The van der Waals surface area contributed by atoms with Crippen LogP contribution in [0.3, 0.4) is 0 Å². The van der Waals surface area contributed by atoms with E-state index in [0.717, 1.165) is 22.2 Å². The van der Waals surface area contributed by atoms with Crippen LogP contribution in [0.5, 0.6) is 5.75 Å². The first-order chi connectivity index (χ1) is 13.1. The first-order valence-electron chi connectivity index (χ1n) is 9.46. The summed E-state index contributed by atoms with van der Waals surface area (Å²) in [4.78, 5) is 25.9. The predicted octanol–water partition coefficient (Wildman–Crippen LogP) is 2.93. The van der Waals surface area contributed by atoms with E-state index in [-0.39, 0.29) is 41.2 Å². The van der Waals surface area contributed by atoms with Gasteiger partial charge in [0.2, 0.25) is 0 Å². The largest absolute Gasteiger partial charge is 0.507 e. The third-order valence-corrected chi connectivity index (χ3v) is 6.89. The second kappa shape index (κ2) is 5.06. The maximum Gasteiger partial charge on any atom is 0.254 e. The Labute approximate surface area is 156 Å². The number of nitrogens with zero attached hydrogens (tertiary/aromatic N) is 2. The number of hydrazone groups is 1. The van der Waals surface area contributed by atoms with E-state index in [1.807, 2.05) is 30.3 Å². The van der Waals surface area contributed by atoms with Crippen LogP contribution in [0.15, 0.2) is 53.7 Å². The second-order valence-electron chi connectivity index (χ2n) is 8.11. The molecular weight excluding hydrogens is 340 g/mol. The number of imide groups is 1. The van der Waals surface area contributed by atoms with Gasteiger partial charge < -0.3 is 5.11 Å². The van der Waals surface area contributed by atoms with E-state index in [9.17, 15) is 14.7 Å². The third kappa shape index (κ3) is 1.91. The van der Waals surface area contributed by atoms with Crippen molar-refractivity contribution in [1.29, 1.82) is 0 Å². The molecule has 1 aliphatic heterocycles. The number of aromatic hydroxyl groups is 1. The van der Waals surface area contributed by atoms with Crippen LogP contribution in [-0.2, 0) is 9.59 Å². The summed E-state index contributed by atoms with van der Waals surface area (Å²) in [6.45, 7) is 0. The van der Waals surface area contributed by atoms with Gasteiger partial charge in [-0.05, 0) is 46.9 Å². The summed E-state index contributed by atoms with van der Waals surface area (Å²) >= 11 is 0. The van der Waals surface area contributed by atoms with Gasteiger partial charge in [-0.1, -0.05) is 42.5 Å². The monoisotopic (exact) mass is 358 g/mol. The van der Waals surface area contributed by atoms with Crippen LogP contribution >= 0.6 is 0 Å². The molecule has 0 radical (unpaired) electrons. The lowest BCUT2D eigenvalue weighted by Gasteiger charge is -2.37. The number of phenols is 1. The Kier molecular flexibility index (Phi) is 2.84. The van der Waals surface area contributed by atoms with Gasteiger partial charge in [-0.2, -0.15) is 10.1 Å². The highest BCUT2D eigenvalue weighted by atomic mass is 16.3. The molecule has 0 unspecified atom stereocenters. The molecule has 2 amide bonds. The molecule has 5 heteroatoms. The number of benzene rings is 2. The molecule has 1 saturated heterocycles. The Morgan fingerprint density at radius 2 is 1.63 bits per heavy atom. The fraction of sp³-hybridized carbons (Fsp3) is 0.318. The standard InChI is InChI=1S/C22H18N2O3/c25-18-8-5-11-3-1-2-4-12(11)17(18)10-23-24-21(26)19-13-6-7-14(16-9-15(13)16)20(19)22(24)27/h1-8,10,13-16,19-20,25H,9H2/b23-10-/t13-,14-,15-,16-,19-,20+/m0/s1. The highest BCUT2D eigenvalue weighted by molar-refractivity contribution is 6.08. The van der Waals surface area contributed by atoms with Gasteiger partial charge in [0.25, 0.3) is 11.8 Å². The highest BCUT2D eigenvalue weighted by Gasteiger charge is 2.67. The summed E-state index contributed by atoms with van der Waals surface area (Å²) in [7, 11) is 0. The normalized spacial score (nSPS) is 35.9. The van der Waals surface area contributed by atoms with Crippen LogP contribution in [0.25, 0.3) is 10.8 Å². The summed E-state index contributed by atoms with van der Waals surface area (Å²) in [6, 6.07) is 11.1. The zero-order chi connectivity index (χ0) is 18.3. The van der Waals surface area contributed by atoms with Crippen molar-refractivity contribution in [3.63, 3.8) is 0 Å². The number of rotatable bonds is 2. The molecule has 5 nitrogen and oxygen atoms in total. The van der Waals surface area contributed by atoms with Crippen molar-refractivity contribution in [2.75, 3.05) is 0 Å². The molecule has 0 spiro atoms. The van der Waals surface area contributed by atoms with E-state index < -0.39 is 0 Å². The smallest absolute Gasteiger partial charge is 0.254 e. The summed E-state index contributed by atoms with van der Waals surface area (Å²) in [5.74, 6) is 0.714. The number of carbonyl (C=O) groups is 2. The Morgan fingerprint density at radius 3 is 2.33 bits per heavy atom. The average Bonchev–Trinajstić information content (AvgIpc) is 3.47. The molecule has 3 fully saturated rings. The molecule has 2 aromatic carbocycles. The first-order valence-corrected chi connectivity index (χ1v) is 9.46. The molecule has 2 bridgehead atoms. The van der Waals surface area contributed by atoms with Crippen LogP contribution < -0.4 is 0 Å². The molecule has 134 valence electrons. The lowest BCUT2D eigenvalue weighted by molar-refractivity contribution is -0.140. The Hall–Kier alpha value is -2.95. The van der Waals surface area contributed by atoms with Gasteiger partial charge in [0.1, 0.15) is 5.75 Å². The minimum Gasteiger partial charge on any atom is -0.507 e. The van der Waals surface area contributed by atoms with E-state index in [4.69, 9.17) is 0 Å². The van der Waals surface area contributed by atoms with Crippen molar-refractivity contribution in [3.05, 3.63) is 54.1 Å². The zero-order valence-electron chi connectivity index (χ0n) is 14.5. The van der Waals surface area contributed by atoms with Crippen LogP contribution in [0.2, 0.25) is 0 Å². The quantitative estimate of drug-likeness (QED) is 0.510. The van der Waals surface area contributed by atoms with Crippen molar-refractivity contribution in [2.24, 2.45) is 40.6 Å². The molecule has 4 aliphatic carbocycles. The maximum absolute atomic E-state index is 13.0. The number of hydrogen-bond donors (Lipinski definition) is 1. The summed E-state index contributed by atoms with van der Waals surface area (Å²) in [6.07, 6.45) is 6.88. The van der Waals surface area contributed by atoms with Crippen molar-refractivity contribution in [1.82, 2.24) is 5.01 Å². The maximum atomic E-state index is 13.0. The highest BCUT2D eigenvalue weighted by Crippen LogP contribution is 2.65. The van der Waals surface area contributed by atoms with Gasteiger partial charge in [-0.15, -0.1) is 0 Å². The molecule has 1 heterocycles. The molecule has 5 aliphatic rings. The SMILES string of the molecule is O=C1[C@@H]2[C@H]3C=C[C@@H]([C@@H]4C[C@@H]34)[C@@H]2C(=O)N1/N=C\c1c(O)ccc2ccccc12. The van der Waals surface area contributed by atoms with E-state index in [1.165, 1.54) is 6.21 Å². The van der Waals surface area contributed by atoms with Crippen molar-refractivity contribution >= 4 is 28.8 Å². The zero-order valence-corrected chi connectivity index (χ0v) is 14.5. The molecular formula is C22H18N2O3. The molecule has 6 atom stereocenters. The summed E-state index contributed by atoms with van der Waals surface area (Å²) in [5.41, 5.74) is 0.521. The average molecular weight is 358 g/mol. The number of phenolic OH excluding ortho intramolecular Hbond substituents is 1. The van der Waals surface area contributed by atoms with Crippen molar-refractivity contribution < 1.29 is 14.7 Å². The minimum atomic E-state index is -0.255. The number of carbonyl (C=O) groups excluding carboxylic acids is 2. The number of hydrogen-bond acceptors (Lipinski definition) is 4. The molecule has 2 saturated carbocycles. The van der Waals surface area contributed by atoms with E-state index >= 15 is 0 Å². The van der Waals surface area contributed by atoms with Crippen LogP contribution in [0.4, 0.5) is 0 Å². The van der Waals surface area contributed by atoms with Crippen molar-refractivity contribution in [2.45, 2.75) is 6.42 Å². The van der Waals surface area contributed by atoms with Gasteiger partial charge in [-0.25, -0.2) is 0 Å². The number of allylic oxidation sites excluding steroid dienone is 2. The lowest BCUT2D eigenvalue weighted by atomic mass is 9.63. The Bertz CT molecular complexity index is 1040. The van der Waals surface area contributed by atoms with E-state index in [1.54, 1.807) is 6.07 Å². The van der Waals surface area contributed by atoms with E-state index in [2.05, 4.69) is 17.3 Å². The molecule has 0 aromatic heterocycles. The van der Waals surface area contributed by atoms with Crippen LogP contribution in [0.1, 0.15) is 12.0 Å². The summed E-state index contributed by atoms with van der Waals surface area (Å²) < 4.78 is 0. The predicted molar refractivity (Wildman–Crippen MR) is 99.8 cm³/mol. The van der Waals surface area contributed by atoms with Gasteiger partial charge >= 0.3 is 0 Å². The molecule has 27 heavy (non-hydrogen) atoms. The first kappa shape index (κ1) is 15.1. The topological polar surface area (TPSA) is 70.0 Å². The summed E-state index contributed by atoms with van der Waals surface area (Å²) in [5, 5.41) is 17.4. The fourth-order valence-electron chi connectivity index (χ4n) is 5.59. The second-order valence-corrected chi connectivity index (χ2v) is 8.11. The number of amides is 2. The molecule has 2 aromatic rings. The minimum absolute atomic E-state index is 0.0805. The van der Waals surface area contributed by atoms with E-state index in [0.29, 0.717) is 17.4 Å². The Balaban J connectivity index is 1.38. The van der Waals surface area contributed by atoms with Gasteiger partial charge in [-0.3, -0.25) is 9.59 Å². The lowest BCUT2D eigenvalue weighted by Crippen LogP contribution is -2.40. The van der Waals surface area contributed by atoms with Gasteiger partial charge in [0, 0.05) is 5.56 Å². The fourth-order valence-corrected chi connectivity index (χ4v) is 5.59. The van der Waals surface area contributed by atoms with Gasteiger partial charge in [0.15, 0.2) is 0 Å². The van der Waals surface area contributed by atoms with Crippen LogP contribution in [-0.4, -0.2) is 28.1 Å². The molecule has 1 N–H and O–H groups in total. The van der Waals surface area contributed by atoms with Crippen molar-refractivity contribution in [3.8, 4) is 5.75 Å².